The summed E-state index contributed by atoms with van der Waals surface area (Å²) in [5, 5.41) is 8.72. The van der Waals surface area contributed by atoms with Gasteiger partial charge in [0, 0.05) is 0 Å². The normalized spacial score (nSPS) is 14.1. The Balaban J connectivity index is -0.000000375. The third-order valence-electron chi connectivity index (χ3n) is 2.95. The van der Waals surface area contributed by atoms with Crippen molar-refractivity contribution in [2.24, 2.45) is 28.5 Å². The van der Waals surface area contributed by atoms with E-state index in [2.05, 4.69) is 31.0 Å². The zero-order valence-corrected chi connectivity index (χ0v) is 13.4. The lowest BCUT2D eigenvalue weighted by atomic mass is 9.79. The van der Waals surface area contributed by atoms with E-state index in [0.717, 1.165) is 12.3 Å². The lowest BCUT2D eigenvalue weighted by Gasteiger charge is -2.25. The molecule has 0 unspecified atom stereocenters. The highest BCUT2D eigenvalue weighted by Gasteiger charge is 2.27. The number of rotatable bonds is 4. The monoisotopic (exact) mass is 277 g/mol. The van der Waals surface area contributed by atoms with E-state index >= 15 is 0 Å². The van der Waals surface area contributed by atoms with Crippen molar-refractivity contribution in [2.75, 3.05) is 21.1 Å². The predicted molar refractivity (Wildman–Crippen MR) is 82.9 cm³/mol. The second kappa shape index (κ2) is 15.4. The highest BCUT2D eigenvalue weighted by Crippen LogP contribution is 2.37. The minimum atomic E-state index is -0.664. The molecule has 1 aliphatic rings. The Morgan fingerprint density at radius 3 is 1.74 bits per heavy atom. The Bertz CT molecular complexity index is 191. The molecule has 0 aliphatic heterocycles. The molecule has 0 radical (unpaired) electrons. The van der Waals surface area contributed by atoms with E-state index in [0.29, 0.717) is 6.42 Å². The zero-order valence-electron chi connectivity index (χ0n) is 13.4. The van der Waals surface area contributed by atoms with Gasteiger partial charge in [-0.2, -0.15) is 0 Å². The molecular weight excluding hydrogens is 242 g/mol. The van der Waals surface area contributed by atoms with Crippen molar-refractivity contribution in [2.45, 2.75) is 52.4 Å². The second-order valence-corrected chi connectivity index (χ2v) is 5.09. The van der Waals surface area contributed by atoms with E-state index in [1.807, 2.05) is 0 Å². The molecule has 0 heterocycles. The maximum atomic E-state index is 10.6. The minimum Gasteiger partial charge on any atom is -0.481 e. The van der Waals surface area contributed by atoms with Gasteiger partial charge in [-0.1, -0.05) is 39.5 Å². The molecule has 1 aliphatic carbocycles. The number of hydrogen-bond acceptors (Lipinski definition) is 4. The maximum Gasteiger partial charge on any atom is 0.303 e. The van der Waals surface area contributed by atoms with Crippen molar-refractivity contribution in [3.05, 3.63) is 0 Å². The van der Waals surface area contributed by atoms with Gasteiger partial charge in [-0.3, -0.25) is 4.79 Å². The number of carboxylic acid groups (broad SMARTS) is 1. The molecule has 1 saturated carbocycles. The van der Waals surface area contributed by atoms with Gasteiger partial charge in [-0.25, -0.2) is 0 Å². The van der Waals surface area contributed by atoms with Gasteiger partial charge in [0.25, 0.3) is 0 Å². The summed E-state index contributed by atoms with van der Waals surface area (Å²) in [6.45, 7) is 4.14. The molecule has 0 amide bonds. The predicted octanol–water partition coefficient (Wildman–Crippen LogP) is 1.79. The van der Waals surface area contributed by atoms with E-state index in [1.165, 1.54) is 46.8 Å². The lowest BCUT2D eigenvalue weighted by molar-refractivity contribution is -0.139. The summed E-state index contributed by atoms with van der Waals surface area (Å²) in [6, 6.07) is 0. The third kappa shape index (κ3) is 15.3. The summed E-state index contributed by atoms with van der Waals surface area (Å²) >= 11 is 0. The van der Waals surface area contributed by atoms with Crippen LogP contribution in [0.4, 0.5) is 0 Å². The van der Waals surface area contributed by atoms with Crippen molar-refractivity contribution >= 4 is 5.97 Å². The molecule has 0 bridgehead atoms. The van der Waals surface area contributed by atoms with Gasteiger partial charge < -0.3 is 22.3 Å². The first-order valence-electron chi connectivity index (χ1n) is 6.95. The molecule has 0 aromatic rings. The molecule has 0 aromatic heterocycles. The molecule has 0 aromatic carbocycles. The third-order valence-corrected chi connectivity index (χ3v) is 2.95. The van der Waals surface area contributed by atoms with Crippen molar-refractivity contribution in [3.8, 4) is 0 Å². The minimum absolute atomic E-state index is 0.0131. The Kier molecular flexibility index (Phi) is 19.0. The van der Waals surface area contributed by atoms with Crippen LogP contribution in [0.3, 0.4) is 0 Å². The highest BCUT2D eigenvalue weighted by atomic mass is 16.4. The Hall–Kier alpha value is -0.650. The fourth-order valence-corrected chi connectivity index (χ4v) is 2.48. The Morgan fingerprint density at radius 2 is 1.42 bits per heavy atom. The zero-order chi connectivity index (χ0) is 15.9. The van der Waals surface area contributed by atoms with Gasteiger partial charge in [0.2, 0.25) is 0 Å². The van der Waals surface area contributed by atoms with Crippen LogP contribution in [-0.2, 0) is 4.79 Å². The number of carboxylic acids is 1. The SMILES string of the molecule is CC(C)(CC(=O)O)CC1CCCC1.CN.CN.CN. The van der Waals surface area contributed by atoms with Crippen LogP contribution in [0.2, 0.25) is 0 Å². The quantitative estimate of drug-likeness (QED) is 0.625. The summed E-state index contributed by atoms with van der Waals surface area (Å²) in [6.07, 6.45) is 6.69. The lowest BCUT2D eigenvalue weighted by Crippen LogP contribution is -2.19. The molecule has 5 heteroatoms. The molecule has 5 nitrogen and oxygen atoms in total. The summed E-state index contributed by atoms with van der Waals surface area (Å²) < 4.78 is 0. The molecular formula is C14H35N3O2. The first-order chi connectivity index (χ1) is 8.99. The van der Waals surface area contributed by atoms with Gasteiger partial charge in [0.1, 0.15) is 0 Å². The van der Waals surface area contributed by atoms with Crippen LogP contribution in [-0.4, -0.2) is 32.2 Å². The van der Waals surface area contributed by atoms with Crippen LogP contribution >= 0.6 is 0 Å². The average Bonchev–Trinajstić information content (AvgIpc) is 2.87. The van der Waals surface area contributed by atoms with E-state index < -0.39 is 5.97 Å². The maximum absolute atomic E-state index is 10.6. The van der Waals surface area contributed by atoms with Crippen LogP contribution in [0.5, 0.6) is 0 Å². The molecule has 0 saturated heterocycles. The van der Waals surface area contributed by atoms with Crippen LogP contribution in [0.1, 0.15) is 52.4 Å². The van der Waals surface area contributed by atoms with E-state index in [-0.39, 0.29) is 5.41 Å². The summed E-state index contributed by atoms with van der Waals surface area (Å²) in [5.74, 6) is 0.123. The topological polar surface area (TPSA) is 115 Å². The van der Waals surface area contributed by atoms with Crippen LogP contribution in [0.15, 0.2) is 0 Å². The van der Waals surface area contributed by atoms with E-state index in [9.17, 15) is 4.79 Å². The molecule has 7 N–H and O–H groups in total. The molecule has 0 spiro atoms. The molecule has 0 atom stereocenters. The van der Waals surface area contributed by atoms with Crippen molar-refractivity contribution < 1.29 is 9.90 Å². The molecule has 19 heavy (non-hydrogen) atoms. The highest BCUT2D eigenvalue weighted by molar-refractivity contribution is 5.67. The van der Waals surface area contributed by atoms with Crippen LogP contribution < -0.4 is 17.2 Å². The van der Waals surface area contributed by atoms with E-state index in [4.69, 9.17) is 5.11 Å². The fraction of sp³-hybridized carbons (Fsp3) is 0.929. The number of nitrogens with two attached hydrogens (primary N) is 3. The summed E-state index contributed by atoms with van der Waals surface area (Å²) in [5.41, 5.74) is 13.5. The van der Waals surface area contributed by atoms with Gasteiger partial charge in [-0.05, 0) is 38.9 Å². The smallest absolute Gasteiger partial charge is 0.303 e. The average molecular weight is 277 g/mol. The number of carbonyl (C=O) groups is 1. The van der Waals surface area contributed by atoms with E-state index in [1.54, 1.807) is 0 Å². The van der Waals surface area contributed by atoms with Crippen molar-refractivity contribution in [1.29, 1.82) is 0 Å². The molecule has 1 fully saturated rings. The van der Waals surface area contributed by atoms with Crippen molar-refractivity contribution in [3.63, 3.8) is 0 Å². The van der Waals surface area contributed by atoms with Gasteiger partial charge in [0.15, 0.2) is 0 Å². The van der Waals surface area contributed by atoms with Gasteiger partial charge >= 0.3 is 5.97 Å². The standard InChI is InChI=1S/C11H20O2.3CH5N/c1-11(2,8-10(12)13)7-9-5-3-4-6-9;3*1-2/h9H,3-8H2,1-2H3,(H,12,13);3*2H2,1H3. The Morgan fingerprint density at radius 1 is 1.05 bits per heavy atom. The fourth-order valence-electron chi connectivity index (χ4n) is 2.48. The first-order valence-corrected chi connectivity index (χ1v) is 6.95. The number of aliphatic carboxylic acids is 1. The number of hydrogen-bond donors (Lipinski definition) is 4. The second-order valence-electron chi connectivity index (χ2n) is 5.09. The van der Waals surface area contributed by atoms with Gasteiger partial charge in [-0.15, -0.1) is 0 Å². The molecule has 1 rings (SSSR count). The van der Waals surface area contributed by atoms with Crippen LogP contribution in [0.25, 0.3) is 0 Å². The largest absolute Gasteiger partial charge is 0.481 e. The van der Waals surface area contributed by atoms with Crippen molar-refractivity contribution in [1.82, 2.24) is 0 Å². The van der Waals surface area contributed by atoms with Gasteiger partial charge in [0.05, 0.1) is 6.42 Å². The molecule has 118 valence electrons. The Labute approximate surface area is 118 Å². The summed E-state index contributed by atoms with van der Waals surface area (Å²) in [7, 11) is 4.50. The summed E-state index contributed by atoms with van der Waals surface area (Å²) in [4.78, 5) is 10.6. The van der Waals surface area contributed by atoms with Crippen LogP contribution in [0, 0.1) is 11.3 Å². The first kappa shape index (κ1) is 23.4.